The molecule has 1 heterocycles. The van der Waals surface area contributed by atoms with Crippen LogP contribution in [0.5, 0.6) is 5.75 Å². The minimum Gasteiger partial charge on any atom is -0.479 e. The molecular weight excluding hydrogens is 298 g/mol. The van der Waals surface area contributed by atoms with Crippen LogP contribution < -0.4 is 10.1 Å². The van der Waals surface area contributed by atoms with E-state index in [-0.39, 0.29) is 5.91 Å². The molecule has 0 saturated carbocycles. The number of hydrogen-bond acceptors (Lipinski definition) is 3. The van der Waals surface area contributed by atoms with Crippen molar-refractivity contribution in [2.24, 2.45) is 0 Å². The summed E-state index contributed by atoms with van der Waals surface area (Å²) >= 11 is 3.34. The lowest BCUT2D eigenvalue weighted by molar-refractivity contribution is -0.127. The third-order valence-corrected chi connectivity index (χ3v) is 3.47. The van der Waals surface area contributed by atoms with Gasteiger partial charge in [-0.15, -0.1) is 0 Å². The number of benzene rings is 1. The Bertz CT molecular complexity index is 462. The number of ether oxygens (including phenoxy) is 1. The Labute approximate surface area is 114 Å². The highest BCUT2D eigenvalue weighted by Crippen LogP contribution is 2.27. The van der Waals surface area contributed by atoms with Crippen LogP contribution in [0.1, 0.15) is 29.6 Å². The molecule has 1 aliphatic rings. The summed E-state index contributed by atoms with van der Waals surface area (Å²) in [7, 11) is 0. The summed E-state index contributed by atoms with van der Waals surface area (Å²) in [5.74, 6) is 0.515. The van der Waals surface area contributed by atoms with Crippen LogP contribution in [0.4, 0.5) is 0 Å². The maximum Gasteiger partial charge on any atom is 0.261 e. The molecule has 5 heteroatoms. The van der Waals surface area contributed by atoms with Crippen molar-refractivity contribution in [1.29, 1.82) is 0 Å². The zero-order chi connectivity index (χ0) is 13.0. The number of rotatable bonds is 3. The average molecular weight is 312 g/mol. The topological polar surface area (TPSA) is 55.4 Å². The second kappa shape index (κ2) is 6.00. The van der Waals surface area contributed by atoms with Crippen LogP contribution in [-0.4, -0.2) is 24.8 Å². The molecule has 0 bridgehead atoms. The summed E-state index contributed by atoms with van der Waals surface area (Å²) in [5, 5.41) is 2.82. The van der Waals surface area contributed by atoms with Gasteiger partial charge in [-0.1, -0.05) is 0 Å². The lowest BCUT2D eigenvalue weighted by atomic mass is 10.2. The van der Waals surface area contributed by atoms with Gasteiger partial charge in [0, 0.05) is 12.1 Å². The van der Waals surface area contributed by atoms with Gasteiger partial charge in [-0.2, -0.15) is 0 Å². The van der Waals surface area contributed by atoms with Gasteiger partial charge in [0.25, 0.3) is 5.91 Å². The average Bonchev–Trinajstić information content (AvgIpc) is 2.57. The van der Waals surface area contributed by atoms with Crippen LogP contribution in [0.15, 0.2) is 22.7 Å². The molecular formula is C13H14BrNO3. The Balaban J connectivity index is 2.12. The Morgan fingerprint density at radius 3 is 2.94 bits per heavy atom. The Hall–Kier alpha value is -1.36. The second-order valence-electron chi connectivity index (χ2n) is 4.20. The van der Waals surface area contributed by atoms with E-state index >= 15 is 0 Å². The van der Waals surface area contributed by atoms with Crippen LogP contribution in [0, 0.1) is 0 Å². The Kier molecular flexibility index (Phi) is 4.36. The van der Waals surface area contributed by atoms with Gasteiger partial charge >= 0.3 is 0 Å². The van der Waals surface area contributed by atoms with Crippen LogP contribution in [-0.2, 0) is 4.79 Å². The van der Waals surface area contributed by atoms with Crippen molar-refractivity contribution in [3.63, 3.8) is 0 Å². The minimum absolute atomic E-state index is 0.0705. The molecule has 1 amide bonds. The van der Waals surface area contributed by atoms with Gasteiger partial charge in [0.15, 0.2) is 6.10 Å². The smallest absolute Gasteiger partial charge is 0.261 e. The molecule has 1 unspecified atom stereocenters. The molecule has 18 heavy (non-hydrogen) atoms. The Morgan fingerprint density at radius 2 is 2.22 bits per heavy atom. The molecule has 0 radical (unpaired) electrons. The van der Waals surface area contributed by atoms with Gasteiger partial charge in [0.2, 0.25) is 0 Å². The maximum atomic E-state index is 11.7. The lowest BCUT2D eigenvalue weighted by Gasteiger charge is -2.16. The maximum absolute atomic E-state index is 11.7. The lowest BCUT2D eigenvalue weighted by Crippen LogP contribution is -2.36. The quantitative estimate of drug-likeness (QED) is 0.872. The van der Waals surface area contributed by atoms with E-state index in [1.807, 2.05) is 0 Å². The molecule has 1 N–H and O–H groups in total. The first-order chi connectivity index (χ1) is 8.70. The van der Waals surface area contributed by atoms with Crippen LogP contribution in [0.3, 0.4) is 0 Å². The molecule has 1 aliphatic heterocycles. The molecule has 1 aromatic carbocycles. The van der Waals surface area contributed by atoms with E-state index in [1.54, 1.807) is 18.2 Å². The summed E-state index contributed by atoms with van der Waals surface area (Å²) in [5.41, 5.74) is 0.569. The van der Waals surface area contributed by atoms with Crippen molar-refractivity contribution in [3.8, 4) is 5.75 Å². The van der Waals surface area contributed by atoms with Gasteiger partial charge in [-0.25, -0.2) is 0 Å². The molecule has 0 spiro atoms. The van der Waals surface area contributed by atoms with Gasteiger partial charge in [0.05, 0.1) is 4.47 Å². The van der Waals surface area contributed by atoms with E-state index in [9.17, 15) is 9.59 Å². The molecule has 0 aromatic heterocycles. The van der Waals surface area contributed by atoms with E-state index in [0.717, 1.165) is 19.1 Å². The number of carbonyl (C=O) groups excluding carboxylic acids is 2. The molecule has 0 aliphatic carbocycles. The standard InChI is InChI=1S/C13H14BrNO3/c14-10-7-9(8-16)4-5-11(10)18-12-3-1-2-6-15-13(12)17/h4-5,7-8,12H,1-3,6H2,(H,15,17). The van der Waals surface area contributed by atoms with E-state index in [2.05, 4.69) is 21.2 Å². The summed E-state index contributed by atoms with van der Waals surface area (Å²) in [6.45, 7) is 0.712. The fourth-order valence-corrected chi connectivity index (χ4v) is 2.35. The zero-order valence-corrected chi connectivity index (χ0v) is 11.4. The fraction of sp³-hybridized carbons (Fsp3) is 0.385. The zero-order valence-electron chi connectivity index (χ0n) is 9.82. The van der Waals surface area contributed by atoms with Crippen molar-refractivity contribution < 1.29 is 14.3 Å². The second-order valence-corrected chi connectivity index (χ2v) is 5.06. The first kappa shape index (κ1) is 13.1. The highest BCUT2D eigenvalue weighted by molar-refractivity contribution is 9.10. The molecule has 1 atom stereocenters. The summed E-state index contributed by atoms with van der Waals surface area (Å²) in [6.07, 6.45) is 2.98. The van der Waals surface area contributed by atoms with Crippen molar-refractivity contribution in [1.82, 2.24) is 5.32 Å². The third kappa shape index (κ3) is 3.10. The van der Waals surface area contributed by atoms with Gasteiger partial charge in [0.1, 0.15) is 12.0 Å². The fourth-order valence-electron chi connectivity index (χ4n) is 1.86. The normalized spacial score (nSPS) is 19.8. The van der Waals surface area contributed by atoms with E-state index < -0.39 is 6.10 Å². The number of aldehydes is 1. The highest BCUT2D eigenvalue weighted by atomic mass is 79.9. The number of hydrogen-bond donors (Lipinski definition) is 1. The van der Waals surface area contributed by atoms with Gasteiger partial charge < -0.3 is 10.1 Å². The summed E-state index contributed by atoms with van der Waals surface area (Å²) < 4.78 is 6.39. The molecule has 96 valence electrons. The number of carbonyl (C=O) groups is 2. The largest absolute Gasteiger partial charge is 0.479 e. The van der Waals surface area contributed by atoms with Crippen molar-refractivity contribution in [3.05, 3.63) is 28.2 Å². The van der Waals surface area contributed by atoms with Crippen LogP contribution >= 0.6 is 15.9 Å². The SMILES string of the molecule is O=Cc1ccc(OC2CCCCNC2=O)c(Br)c1. The molecule has 1 saturated heterocycles. The molecule has 1 fully saturated rings. The Morgan fingerprint density at radius 1 is 1.39 bits per heavy atom. The molecule has 2 rings (SSSR count). The van der Waals surface area contributed by atoms with Crippen LogP contribution in [0.2, 0.25) is 0 Å². The third-order valence-electron chi connectivity index (χ3n) is 2.85. The van der Waals surface area contributed by atoms with E-state index in [1.165, 1.54) is 0 Å². The monoisotopic (exact) mass is 311 g/mol. The predicted molar refractivity (Wildman–Crippen MR) is 70.8 cm³/mol. The summed E-state index contributed by atoms with van der Waals surface area (Å²) in [4.78, 5) is 22.4. The predicted octanol–water partition coefficient (Wildman–Crippen LogP) is 2.31. The van der Waals surface area contributed by atoms with Gasteiger partial charge in [-0.05, 0) is 53.4 Å². The number of nitrogens with one attached hydrogen (secondary N) is 1. The van der Waals surface area contributed by atoms with Crippen molar-refractivity contribution >= 4 is 28.1 Å². The van der Waals surface area contributed by atoms with Gasteiger partial charge in [-0.3, -0.25) is 9.59 Å². The molecule has 1 aromatic rings. The first-order valence-electron chi connectivity index (χ1n) is 5.90. The van der Waals surface area contributed by atoms with E-state index in [0.29, 0.717) is 28.8 Å². The van der Waals surface area contributed by atoms with E-state index in [4.69, 9.17) is 4.74 Å². The van der Waals surface area contributed by atoms with Crippen molar-refractivity contribution in [2.75, 3.05) is 6.54 Å². The summed E-state index contributed by atoms with van der Waals surface area (Å²) in [6, 6.07) is 5.05. The number of amides is 1. The number of halogens is 1. The van der Waals surface area contributed by atoms with Crippen molar-refractivity contribution in [2.45, 2.75) is 25.4 Å². The van der Waals surface area contributed by atoms with Crippen LogP contribution in [0.25, 0.3) is 0 Å². The first-order valence-corrected chi connectivity index (χ1v) is 6.69. The minimum atomic E-state index is -0.453. The molecule has 4 nitrogen and oxygen atoms in total. The highest BCUT2D eigenvalue weighted by Gasteiger charge is 2.22.